The number of rotatable bonds is 3. The summed E-state index contributed by atoms with van der Waals surface area (Å²) >= 11 is 1.63. The first-order valence-electron chi connectivity index (χ1n) is 8.17. The van der Waals surface area contributed by atoms with Crippen molar-refractivity contribution in [3.8, 4) is 11.3 Å². The van der Waals surface area contributed by atoms with Gasteiger partial charge in [-0.15, -0.1) is 11.3 Å². The van der Waals surface area contributed by atoms with Gasteiger partial charge in [0.1, 0.15) is 0 Å². The number of nitrogens with zero attached hydrogens (tertiary/aromatic N) is 3. The molecule has 3 N–H and O–H groups in total. The smallest absolute Gasteiger partial charge is 0.315 e. The van der Waals surface area contributed by atoms with Gasteiger partial charge in [-0.2, -0.15) is 0 Å². The molecule has 0 aliphatic carbocycles. The highest BCUT2D eigenvalue weighted by molar-refractivity contribution is 7.14. The second-order valence-electron chi connectivity index (χ2n) is 6.00. The second kappa shape index (κ2) is 6.60. The fraction of sp³-hybridized carbons (Fsp3) is 0.222. The van der Waals surface area contributed by atoms with Crippen molar-refractivity contribution in [3.05, 3.63) is 59.7 Å². The normalized spacial score (nSPS) is 17.7. The average molecular weight is 353 g/mol. The molecule has 25 heavy (non-hydrogen) atoms. The summed E-state index contributed by atoms with van der Waals surface area (Å²) in [5.74, 6) is 0. The molecule has 0 bridgehead atoms. The van der Waals surface area contributed by atoms with Gasteiger partial charge in [-0.3, -0.25) is 0 Å². The number of piperazine rings is 1. The molecule has 1 fully saturated rings. The maximum absolute atomic E-state index is 11.8. The van der Waals surface area contributed by atoms with Gasteiger partial charge < -0.3 is 20.5 Å². The molecule has 0 saturated carbocycles. The number of benzene rings is 1. The number of H-pyrrole nitrogens is 1. The Bertz CT molecular complexity index is 846. The van der Waals surface area contributed by atoms with E-state index in [-0.39, 0.29) is 12.1 Å². The lowest BCUT2D eigenvalue weighted by molar-refractivity contribution is 0.174. The van der Waals surface area contributed by atoms with Crippen LogP contribution in [-0.4, -0.2) is 40.5 Å². The predicted molar refractivity (Wildman–Crippen MR) is 99.6 cm³/mol. The monoisotopic (exact) mass is 353 g/mol. The SMILES string of the molecule is NC(=O)N1CCN(c2nc(-c3ccccc3)cs2)CC1c1ccc[nH]1. The topological polar surface area (TPSA) is 78.2 Å². The molecule has 4 rings (SSSR count). The molecule has 0 radical (unpaired) electrons. The average Bonchev–Trinajstić information content (AvgIpc) is 3.34. The summed E-state index contributed by atoms with van der Waals surface area (Å²) in [6.07, 6.45) is 1.87. The molecule has 0 spiro atoms. The van der Waals surface area contributed by atoms with E-state index in [0.717, 1.165) is 28.6 Å². The van der Waals surface area contributed by atoms with Gasteiger partial charge in [0.2, 0.25) is 0 Å². The van der Waals surface area contributed by atoms with Crippen molar-refractivity contribution in [2.45, 2.75) is 6.04 Å². The molecular weight excluding hydrogens is 334 g/mol. The molecule has 2 amide bonds. The van der Waals surface area contributed by atoms with Crippen molar-refractivity contribution in [1.82, 2.24) is 14.9 Å². The zero-order valence-electron chi connectivity index (χ0n) is 13.6. The number of hydrogen-bond donors (Lipinski definition) is 2. The summed E-state index contributed by atoms with van der Waals surface area (Å²) in [6.45, 7) is 1.98. The molecule has 2 aromatic heterocycles. The van der Waals surface area contributed by atoms with Crippen molar-refractivity contribution in [1.29, 1.82) is 0 Å². The molecular formula is C18H19N5OS. The van der Waals surface area contributed by atoms with Crippen molar-refractivity contribution >= 4 is 22.5 Å². The Morgan fingerprint density at radius 1 is 1.20 bits per heavy atom. The number of nitrogens with one attached hydrogen (secondary N) is 1. The van der Waals surface area contributed by atoms with Crippen LogP contribution in [-0.2, 0) is 0 Å². The zero-order chi connectivity index (χ0) is 17.2. The molecule has 3 aromatic rings. The third kappa shape index (κ3) is 3.10. The number of hydrogen-bond acceptors (Lipinski definition) is 4. The van der Waals surface area contributed by atoms with Gasteiger partial charge >= 0.3 is 6.03 Å². The van der Waals surface area contributed by atoms with E-state index in [2.05, 4.69) is 27.4 Å². The number of thiazole rings is 1. The molecule has 1 aliphatic rings. The van der Waals surface area contributed by atoms with Crippen molar-refractivity contribution in [2.24, 2.45) is 5.73 Å². The van der Waals surface area contributed by atoms with E-state index >= 15 is 0 Å². The minimum atomic E-state index is -0.386. The minimum Gasteiger partial charge on any atom is -0.363 e. The molecule has 1 aliphatic heterocycles. The molecule has 1 aromatic carbocycles. The largest absolute Gasteiger partial charge is 0.363 e. The lowest BCUT2D eigenvalue weighted by atomic mass is 10.1. The van der Waals surface area contributed by atoms with E-state index in [1.54, 1.807) is 16.2 Å². The van der Waals surface area contributed by atoms with Gasteiger partial charge in [-0.1, -0.05) is 30.3 Å². The summed E-state index contributed by atoms with van der Waals surface area (Å²) in [5.41, 5.74) is 8.65. The Hall–Kier alpha value is -2.80. The molecule has 1 atom stereocenters. The van der Waals surface area contributed by atoms with E-state index in [9.17, 15) is 4.79 Å². The summed E-state index contributed by atoms with van der Waals surface area (Å²) in [4.78, 5) is 23.7. The summed E-state index contributed by atoms with van der Waals surface area (Å²) < 4.78 is 0. The molecule has 128 valence electrons. The Kier molecular flexibility index (Phi) is 4.15. The zero-order valence-corrected chi connectivity index (χ0v) is 14.4. The van der Waals surface area contributed by atoms with Gasteiger partial charge in [0, 0.05) is 42.5 Å². The number of nitrogens with two attached hydrogens (primary N) is 1. The number of aromatic nitrogens is 2. The number of aromatic amines is 1. The first-order valence-corrected chi connectivity index (χ1v) is 9.05. The molecule has 3 heterocycles. The van der Waals surface area contributed by atoms with Crippen molar-refractivity contribution in [3.63, 3.8) is 0 Å². The number of carbonyl (C=O) groups is 1. The first-order chi connectivity index (χ1) is 12.2. The van der Waals surface area contributed by atoms with Gasteiger partial charge in [0.05, 0.1) is 11.7 Å². The summed E-state index contributed by atoms with van der Waals surface area (Å²) in [7, 11) is 0. The maximum atomic E-state index is 11.8. The van der Waals surface area contributed by atoms with Crippen LogP contribution in [0, 0.1) is 0 Å². The van der Waals surface area contributed by atoms with Crippen LogP contribution in [0.4, 0.5) is 9.93 Å². The van der Waals surface area contributed by atoms with Crippen molar-refractivity contribution in [2.75, 3.05) is 24.5 Å². The number of anilines is 1. The number of primary amides is 1. The Labute approximate surface area is 149 Å². The summed E-state index contributed by atoms with van der Waals surface area (Å²) in [6, 6.07) is 13.6. The van der Waals surface area contributed by atoms with Crippen LogP contribution >= 0.6 is 11.3 Å². The fourth-order valence-corrected chi connectivity index (χ4v) is 4.06. The van der Waals surface area contributed by atoms with Gasteiger partial charge in [-0.25, -0.2) is 9.78 Å². The lowest BCUT2D eigenvalue weighted by Gasteiger charge is -2.40. The van der Waals surface area contributed by atoms with Crippen LogP contribution in [0.5, 0.6) is 0 Å². The van der Waals surface area contributed by atoms with Crippen LogP contribution in [0.25, 0.3) is 11.3 Å². The van der Waals surface area contributed by atoms with E-state index < -0.39 is 0 Å². The highest BCUT2D eigenvalue weighted by atomic mass is 32.1. The Balaban J connectivity index is 1.58. The van der Waals surface area contributed by atoms with E-state index in [0.29, 0.717) is 13.1 Å². The third-order valence-electron chi connectivity index (χ3n) is 4.48. The number of amides is 2. The van der Waals surface area contributed by atoms with Crippen LogP contribution in [0.2, 0.25) is 0 Å². The fourth-order valence-electron chi connectivity index (χ4n) is 3.19. The Morgan fingerprint density at radius 3 is 2.76 bits per heavy atom. The third-order valence-corrected chi connectivity index (χ3v) is 5.38. The number of carbonyl (C=O) groups excluding carboxylic acids is 1. The Morgan fingerprint density at radius 2 is 2.04 bits per heavy atom. The first kappa shape index (κ1) is 15.7. The highest BCUT2D eigenvalue weighted by Crippen LogP contribution is 2.32. The van der Waals surface area contributed by atoms with Crippen LogP contribution < -0.4 is 10.6 Å². The van der Waals surface area contributed by atoms with Gasteiger partial charge in [-0.05, 0) is 12.1 Å². The van der Waals surface area contributed by atoms with E-state index in [4.69, 9.17) is 10.7 Å². The van der Waals surface area contributed by atoms with Crippen LogP contribution in [0.1, 0.15) is 11.7 Å². The quantitative estimate of drug-likeness (QED) is 0.759. The van der Waals surface area contributed by atoms with Crippen LogP contribution in [0.3, 0.4) is 0 Å². The van der Waals surface area contributed by atoms with Crippen molar-refractivity contribution < 1.29 is 4.79 Å². The highest BCUT2D eigenvalue weighted by Gasteiger charge is 2.32. The van der Waals surface area contributed by atoms with E-state index in [1.165, 1.54) is 0 Å². The maximum Gasteiger partial charge on any atom is 0.315 e. The van der Waals surface area contributed by atoms with E-state index in [1.807, 2.05) is 36.5 Å². The number of urea groups is 1. The molecule has 7 heteroatoms. The minimum absolute atomic E-state index is 0.0923. The predicted octanol–water partition coefficient (Wildman–Crippen LogP) is 3.08. The summed E-state index contributed by atoms with van der Waals surface area (Å²) in [5, 5.41) is 3.05. The molecule has 1 unspecified atom stereocenters. The standard InChI is InChI=1S/C18H19N5OS/c19-17(24)23-10-9-22(11-16(23)14-7-4-8-20-14)18-21-15(12-25-18)13-5-2-1-3-6-13/h1-8,12,16,20H,9-11H2,(H2,19,24). The molecule has 6 nitrogen and oxygen atoms in total. The van der Waals surface area contributed by atoms with Gasteiger partial charge in [0.25, 0.3) is 0 Å². The second-order valence-corrected chi connectivity index (χ2v) is 6.84. The van der Waals surface area contributed by atoms with Gasteiger partial charge in [0.15, 0.2) is 5.13 Å². The van der Waals surface area contributed by atoms with Crippen LogP contribution in [0.15, 0.2) is 54.0 Å². The molecule has 1 saturated heterocycles. The lowest BCUT2D eigenvalue weighted by Crippen LogP contribution is -2.52.